The Morgan fingerprint density at radius 2 is 1.95 bits per heavy atom. The summed E-state index contributed by atoms with van der Waals surface area (Å²) >= 11 is 6.04. The van der Waals surface area contributed by atoms with Gasteiger partial charge in [-0.25, -0.2) is 0 Å². The van der Waals surface area contributed by atoms with Gasteiger partial charge in [0.05, 0.1) is 12.1 Å². The molecule has 0 aliphatic carbocycles. The number of rotatable bonds is 3. The molecule has 106 valence electrons. The van der Waals surface area contributed by atoms with Crippen LogP contribution in [0.5, 0.6) is 11.5 Å². The lowest BCUT2D eigenvalue weighted by Gasteiger charge is -2.39. The van der Waals surface area contributed by atoms with Crippen molar-refractivity contribution in [2.45, 2.75) is 51.7 Å². The highest BCUT2D eigenvalue weighted by Crippen LogP contribution is 2.36. The van der Waals surface area contributed by atoms with Crippen molar-refractivity contribution in [3.63, 3.8) is 0 Å². The standard InChI is InChI=1S/C15H22ClNO2/c1-10-5-4-6-11(2)17(10)9-12-7-13(16)15(18)14(8-12)19-3/h7-8,10-11,18H,4-6,9H2,1-3H3. The van der Waals surface area contributed by atoms with Crippen molar-refractivity contribution >= 4 is 11.6 Å². The molecular formula is C15H22ClNO2. The molecule has 3 nitrogen and oxygen atoms in total. The van der Waals surface area contributed by atoms with E-state index in [1.54, 1.807) is 7.11 Å². The van der Waals surface area contributed by atoms with E-state index in [1.807, 2.05) is 12.1 Å². The molecule has 1 fully saturated rings. The highest BCUT2D eigenvalue weighted by atomic mass is 35.5. The van der Waals surface area contributed by atoms with Gasteiger partial charge in [0.2, 0.25) is 0 Å². The number of phenols is 1. The van der Waals surface area contributed by atoms with E-state index in [4.69, 9.17) is 16.3 Å². The molecule has 2 unspecified atom stereocenters. The number of aromatic hydroxyl groups is 1. The third-order valence-electron chi connectivity index (χ3n) is 4.05. The van der Waals surface area contributed by atoms with E-state index in [-0.39, 0.29) is 5.75 Å². The summed E-state index contributed by atoms with van der Waals surface area (Å²) in [6.45, 7) is 5.39. The van der Waals surface area contributed by atoms with Gasteiger partial charge in [-0.15, -0.1) is 0 Å². The van der Waals surface area contributed by atoms with E-state index in [0.29, 0.717) is 22.9 Å². The summed E-state index contributed by atoms with van der Waals surface area (Å²) in [6, 6.07) is 4.87. The van der Waals surface area contributed by atoms with E-state index >= 15 is 0 Å². The molecule has 2 rings (SSSR count). The van der Waals surface area contributed by atoms with E-state index in [9.17, 15) is 5.11 Å². The lowest BCUT2D eigenvalue weighted by molar-refractivity contribution is 0.0952. The maximum Gasteiger partial charge on any atom is 0.176 e. The molecule has 0 aromatic heterocycles. The first-order chi connectivity index (χ1) is 9.02. The second kappa shape index (κ2) is 6.02. The van der Waals surface area contributed by atoms with Gasteiger partial charge < -0.3 is 9.84 Å². The molecule has 2 atom stereocenters. The topological polar surface area (TPSA) is 32.7 Å². The fraction of sp³-hybridized carbons (Fsp3) is 0.600. The molecule has 0 amide bonds. The molecule has 0 saturated carbocycles. The van der Waals surface area contributed by atoms with Crippen LogP contribution in [0.2, 0.25) is 5.02 Å². The van der Waals surface area contributed by atoms with Crippen molar-refractivity contribution in [2.24, 2.45) is 0 Å². The summed E-state index contributed by atoms with van der Waals surface area (Å²) in [6.07, 6.45) is 3.79. The zero-order chi connectivity index (χ0) is 14.0. The largest absolute Gasteiger partial charge is 0.503 e. The van der Waals surface area contributed by atoms with Crippen molar-refractivity contribution in [3.05, 3.63) is 22.7 Å². The molecule has 4 heteroatoms. The molecule has 1 aliphatic heterocycles. The van der Waals surface area contributed by atoms with Crippen LogP contribution in [0, 0.1) is 0 Å². The molecule has 19 heavy (non-hydrogen) atoms. The van der Waals surface area contributed by atoms with Crippen LogP contribution >= 0.6 is 11.6 Å². The predicted octanol–water partition coefficient (Wildman–Crippen LogP) is 3.82. The van der Waals surface area contributed by atoms with Crippen LogP contribution in [0.15, 0.2) is 12.1 Å². The van der Waals surface area contributed by atoms with Gasteiger partial charge in [0.1, 0.15) is 0 Å². The molecule has 0 spiro atoms. The number of nitrogens with zero attached hydrogens (tertiary/aromatic N) is 1. The fourth-order valence-electron chi connectivity index (χ4n) is 2.87. The van der Waals surface area contributed by atoms with Gasteiger partial charge in [0, 0.05) is 18.6 Å². The van der Waals surface area contributed by atoms with Crippen LogP contribution in [0.1, 0.15) is 38.7 Å². The summed E-state index contributed by atoms with van der Waals surface area (Å²) in [5.74, 6) is 0.465. The predicted molar refractivity (Wildman–Crippen MR) is 78.0 cm³/mol. The van der Waals surface area contributed by atoms with Crippen molar-refractivity contribution < 1.29 is 9.84 Å². The van der Waals surface area contributed by atoms with E-state index < -0.39 is 0 Å². The molecule has 0 radical (unpaired) electrons. The summed E-state index contributed by atoms with van der Waals surface area (Å²) < 4.78 is 5.16. The van der Waals surface area contributed by atoms with Gasteiger partial charge in [-0.1, -0.05) is 18.0 Å². The smallest absolute Gasteiger partial charge is 0.176 e. The lowest BCUT2D eigenvalue weighted by Crippen LogP contribution is -2.42. The third-order valence-corrected chi connectivity index (χ3v) is 4.34. The number of hydrogen-bond acceptors (Lipinski definition) is 3. The lowest BCUT2D eigenvalue weighted by atomic mass is 9.96. The number of piperidine rings is 1. The Labute approximate surface area is 120 Å². The minimum absolute atomic E-state index is 0.0210. The summed E-state index contributed by atoms with van der Waals surface area (Å²) in [4.78, 5) is 2.49. The third kappa shape index (κ3) is 3.15. The average molecular weight is 284 g/mol. The van der Waals surface area contributed by atoms with Crippen LogP contribution in [-0.2, 0) is 6.54 Å². The van der Waals surface area contributed by atoms with Crippen LogP contribution in [0.4, 0.5) is 0 Å². The fourth-order valence-corrected chi connectivity index (χ4v) is 3.10. The monoisotopic (exact) mass is 283 g/mol. The molecule has 0 bridgehead atoms. The SMILES string of the molecule is COc1cc(CN2C(C)CCCC2C)cc(Cl)c1O. The Morgan fingerprint density at radius 1 is 1.32 bits per heavy atom. The Morgan fingerprint density at radius 3 is 2.53 bits per heavy atom. The Hall–Kier alpha value is -0.930. The second-order valence-corrected chi connectivity index (χ2v) is 5.84. The van der Waals surface area contributed by atoms with E-state index in [2.05, 4.69) is 18.7 Å². The Balaban J connectivity index is 2.20. The van der Waals surface area contributed by atoms with Crippen molar-refractivity contribution in [1.82, 2.24) is 4.90 Å². The maximum atomic E-state index is 9.76. The van der Waals surface area contributed by atoms with Crippen molar-refractivity contribution in [3.8, 4) is 11.5 Å². The van der Waals surface area contributed by atoms with Crippen molar-refractivity contribution in [1.29, 1.82) is 0 Å². The number of methoxy groups -OCH3 is 1. The number of phenolic OH excluding ortho intramolecular Hbond substituents is 1. The van der Waals surface area contributed by atoms with Gasteiger partial charge in [-0.3, -0.25) is 4.90 Å². The quantitative estimate of drug-likeness (QED) is 0.915. The number of ether oxygens (including phenoxy) is 1. The van der Waals surface area contributed by atoms with Gasteiger partial charge >= 0.3 is 0 Å². The Kier molecular flexibility index (Phi) is 4.58. The van der Waals surface area contributed by atoms with E-state index in [1.165, 1.54) is 19.3 Å². The highest BCUT2D eigenvalue weighted by Gasteiger charge is 2.25. The number of halogens is 1. The van der Waals surface area contributed by atoms with E-state index in [0.717, 1.165) is 12.1 Å². The number of benzene rings is 1. The van der Waals surface area contributed by atoms with Gasteiger partial charge in [-0.2, -0.15) is 0 Å². The zero-order valence-electron chi connectivity index (χ0n) is 11.8. The average Bonchev–Trinajstić information content (AvgIpc) is 2.38. The number of hydrogen-bond donors (Lipinski definition) is 1. The Bertz CT molecular complexity index is 440. The molecule has 1 heterocycles. The van der Waals surface area contributed by atoms with Crippen LogP contribution in [0.25, 0.3) is 0 Å². The molecule has 1 aromatic rings. The molecule has 1 aliphatic rings. The zero-order valence-corrected chi connectivity index (χ0v) is 12.6. The van der Waals surface area contributed by atoms with Crippen LogP contribution < -0.4 is 4.74 Å². The molecule has 1 aromatic carbocycles. The summed E-state index contributed by atoms with van der Waals surface area (Å²) in [7, 11) is 1.54. The van der Waals surface area contributed by atoms with Crippen LogP contribution in [-0.4, -0.2) is 29.2 Å². The van der Waals surface area contributed by atoms with Gasteiger partial charge in [-0.05, 0) is 44.4 Å². The minimum Gasteiger partial charge on any atom is -0.503 e. The normalized spacial score (nSPS) is 24.4. The second-order valence-electron chi connectivity index (χ2n) is 5.43. The van der Waals surface area contributed by atoms with Gasteiger partial charge in [0.15, 0.2) is 11.5 Å². The van der Waals surface area contributed by atoms with Crippen LogP contribution in [0.3, 0.4) is 0 Å². The first-order valence-corrected chi connectivity index (χ1v) is 7.22. The molecule has 1 saturated heterocycles. The maximum absolute atomic E-state index is 9.76. The molecule has 1 N–H and O–H groups in total. The minimum atomic E-state index is 0.0210. The summed E-state index contributed by atoms with van der Waals surface area (Å²) in [5.41, 5.74) is 1.08. The molecular weight excluding hydrogens is 262 g/mol. The van der Waals surface area contributed by atoms with Gasteiger partial charge in [0.25, 0.3) is 0 Å². The highest BCUT2D eigenvalue weighted by molar-refractivity contribution is 6.32. The summed E-state index contributed by atoms with van der Waals surface area (Å²) in [5, 5.41) is 10.1. The van der Waals surface area contributed by atoms with Crippen molar-refractivity contribution in [2.75, 3.05) is 7.11 Å². The first kappa shape index (κ1) is 14.5. The first-order valence-electron chi connectivity index (χ1n) is 6.84. The number of likely N-dealkylation sites (tertiary alicyclic amines) is 1.